The Labute approximate surface area is 248 Å². The van der Waals surface area contributed by atoms with Gasteiger partial charge in [-0.25, -0.2) is 0 Å². The summed E-state index contributed by atoms with van der Waals surface area (Å²) in [6, 6.07) is 4.51. The molecule has 14 heteroatoms. The average molecular weight is 619 g/mol. The summed E-state index contributed by atoms with van der Waals surface area (Å²) < 4.78 is 43.7. The molecule has 2 rings (SSSR count). The van der Waals surface area contributed by atoms with Crippen LogP contribution in [0.1, 0.15) is 64.2 Å². The SMILES string of the molecule is CCCN(CCC)c1c([N+](=O)[O-])cc(C(F)(F)F)cc1[N+](=O)[O-].CCc1c(Cl)ccc(C)c1N(C(C)=O)C(C)COC. The zero-order chi connectivity index (χ0) is 32.4. The maximum Gasteiger partial charge on any atom is 0.416 e. The molecular weight excluding hydrogens is 581 g/mol. The van der Waals surface area contributed by atoms with Gasteiger partial charge in [-0.1, -0.05) is 38.4 Å². The Morgan fingerprint density at radius 2 is 1.52 bits per heavy atom. The molecule has 42 heavy (non-hydrogen) atoms. The van der Waals surface area contributed by atoms with Crippen LogP contribution in [-0.4, -0.2) is 48.6 Å². The van der Waals surface area contributed by atoms with E-state index in [0.717, 1.165) is 23.2 Å². The minimum absolute atomic E-state index is 0.00427. The number of methoxy groups -OCH3 is 1. The highest BCUT2D eigenvalue weighted by atomic mass is 35.5. The second kappa shape index (κ2) is 16.3. The van der Waals surface area contributed by atoms with Crippen LogP contribution in [0.4, 0.5) is 35.9 Å². The first-order chi connectivity index (χ1) is 19.6. The highest BCUT2D eigenvalue weighted by Crippen LogP contribution is 2.43. The number of hydrogen-bond donors (Lipinski definition) is 0. The van der Waals surface area contributed by atoms with E-state index in [2.05, 4.69) is 0 Å². The standard InChI is InChI=1S/C15H22ClNO2.C13H16F3N3O4/c1-6-13-14(16)8-7-10(2)15(13)17(12(4)18)11(3)9-19-5;1-3-5-17(6-4-2)12-10(18(20)21)7-9(13(14,15)16)8-11(12)19(22)23/h7-8,11H,6,9H2,1-5H3;7-8H,3-6H2,1-2H3. The summed E-state index contributed by atoms with van der Waals surface area (Å²) in [6.07, 6.45) is -3.04. The van der Waals surface area contributed by atoms with Crippen LogP contribution < -0.4 is 9.80 Å². The molecule has 2 aromatic rings. The molecule has 0 bridgehead atoms. The van der Waals surface area contributed by atoms with Crippen LogP contribution in [0.5, 0.6) is 0 Å². The summed E-state index contributed by atoms with van der Waals surface area (Å²) in [5.74, 6) is 0.00427. The molecule has 0 radical (unpaired) electrons. The summed E-state index contributed by atoms with van der Waals surface area (Å²) in [6.45, 7) is 12.2. The molecule has 0 heterocycles. The van der Waals surface area contributed by atoms with Gasteiger partial charge in [-0.2, -0.15) is 13.2 Å². The third-order valence-corrected chi connectivity index (χ3v) is 6.66. The van der Waals surface area contributed by atoms with Gasteiger partial charge in [0, 0.05) is 44.3 Å². The van der Waals surface area contributed by atoms with Gasteiger partial charge in [0.1, 0.15) is 0 Å². The monoisotopic (exact) mass is 618 g/mol. The summed E-state index contributed by atoms with van der Waals surface area (Å²) in [4.78, 5) is 35.5. The summed E-state index contributed by atoms with van der Waals surface area (Å²) in [5.41, 5.74) is -0.614. The van der Waals surface area contributed by atoms with Gasteiger partial charge in [-0.05, 0) is 50.3 Å². The molecule has 1 amide bonds. The minimum Gasteiger partial charge on any atom is -0.383 e. The number of benzene rings is 2. The minimum atomic E-state index is -4.91. The van der Waals surface area contributed by atoms with Gasteiger partial charge in [-0.3, -0.25) is 25.0 Å². The zero-order valence-corrected chi connectivity index (χ0v) is 25.6. The molecule has 0 aliphatic heterocycles. The van der Waals surface area contributed by atoms with E-state index in [1.807, 2.05) is 32.9 Å². The molecule has 0 fully saturated rings. The van der Waals surface area contributed by atoms with E-state index < -0.39 is 33.0 Å². The Balaban J connectivity index is 0.000000428. The summed E-state index contributed by atoms with van der Waals surface area (Å²) in [7, 11) is 1.64. The Morgan fingerprint density at radius 1 is 1.02 bits per heavy atom. The Bertz CT molecular complexity index is 1220. The molecule has 0 aliphatic carbocycles. The highest BCUT2D eigenvalue weighted by molar-refractivity contribution is 6.32. The fourth-order valence-electron chi connectivity index (χ4n) is 4.65. The number of aryl methyl sites for hydroxylation is 1. The first-order valence-electron chi connectivity index (χ1n) is 13.4. The van der Waals surface area contributed by atoms with E-state index in [1.165, 1.54) is 4.90 Å². The van der Waals surface area contributed by atoms with Crippen molar-refractivity contribution < 1.29 is 32.5 Å². The lowest BCUT2D eigenvalue weighted by molar-refractivity contribution is -0.393. The van der Waals surface area contributed by atoms with Crippen LogP contribution >= 0.6 is 11.6 Å². The Kier molecular flexibility index (Phi) is 14.2. The lowest BCUT2D eigenvalue weighted by Gasteiger charge is -2.31. The number of hydrogen-bond acceptors (Lipinski definition) is 7. The maximum absolute atomic E-state index is 12.8. The third-order valence-electron chi connectivity index (χ3n) is 6.30. The molecule has 0 saturated heterocycles. The number of nitro groups is 2. The van der Waals surface area contributed by atoms with Crippen LogP contribution in [0.15, 0.2) is 24.3 Å². The second-order valence-electron chi connectivity index (χ2n) is 9.60. The zero-order valence-electron chi connectivity index (χ0n) is 24.9. The summed E-state index contributed by atoms with van der Waals surface area (Å²) >= 11 is 6.26. The smallest absolute Gasteiger partial charge is 0.383 e. The predicted molar refractivity (Wildman–Crippen MR) is 158 cm³/mol. The number of amides is 1. The number of ether oxygens (including phenoxy) is 1. The first-order valence-corrected chi connectivity index (χ1v) is 13.8. The molecule has 2 aromatic carbocycles. The number of carbonyl (C=O) groups is 1. The predicted octanol–water partition coefficient (Wildman–Crippen LogP) is 7.75. The molecule has 0 saturated carbocycles. The number of alkyl halides is 3. The number of carbonyl (C=O) groups excluding carboxylic acids is 1. The van der Waals surface area contributed by atoms with Gasteiger partial charge in [-0.15, -0.1) is 0 Å². The van der Waals surface area contributed by atoms with Gasteiger partial charge in [0.05, 0.1) is 33.7 Å². The summed E-state index contributed by atoms with van der Waals surface area (Å²) in [5, 5.41) is 23.1. The number of anilines is 2. The number of halogens is 4. The van der Waals surface area contributed by atoms with Crippen molar-refractivity contribution in [3.05, 3.63) is 66.2 Å². The van der Waals surface area contributed by atoms with Crippen molar-refractivity contribution in [3.8, 4) is 0 Å². The van der Waals surface area contributed by atoms with Crippen molar-refractivity contribution >= 4 is 40.3 Å². The van der Waals surface area contributed by atoms with E-state index in [9.17, 15) is 38.2 Å². The van der Waals surface area contributed by atoms with E-state index in [4.69, 9.17) is 16.3 Å². The van der Waals surface area contributed by atoms with Gasteiger partial charge in [0.25, 0.3) is 11.4 Å². The molecule has 1 atom stereocenters. The second-order valence-corrected chi connectivity index (χ2v) is 10.0. The molecule has 1 unspecified atom stereocenters. The van der Waals surface area contributed by atoms with Crippen LogP contribution in [0.2, 0.25) is 5.02 Å². The van der Waals surface area contributed by atoms with Crippen molar-refractivity contribution in [2.75, 3.05) is 36.6 Å². The van der Waals surface area contributed by atoms with Crippen LogP contribution in [0.3, 0.4) is 0 Å². The molecular formula is C28H38ClF3N4O6. The van der Waals surface area contributed by atoms with Gasteiger partial charge in [0.2, 0.25) is 5.91 Å². The highest BCUT2D eigenvalue weighted by Gasteiger charge is 2.39. The fraction of sp³-hybridized carbons (Fsp3) is 0.536. The van der Waals surface area contributed by atoms with Crippen molar-refractivity contribution in [1.82, 2.24) is 0 Å². The van der Waals surface area contributed by atoms with Crippen LogP contribution in [0.25, 0.3) is 0 Å². The number of nitro benzene ring substituents is 2. The van der Waals surface area contributed by atoms with E-state index >= 15 is 0 Å². The quantitative estimate of drug-likeness (QED) is 0.176. The lowest BCUT2D eigenvalue weighted by Crippen LogP contribution is -2.41. The van der Waals surface area contributed by atoms with Gasteiger partial charge < -0.3 is 14.5 Å². The topological polar surface area (TPSA) is 119 Å². The van der Waals surface area contributed by atoms with Crippen molar-refractivity contribution in [3.63, 3.8) is 0 Å². The first kappa shape index (κ1) is 36.6. The maximum atomic E-state index is 12.8. The van der Waals surface area contributed by atoms with E-state index in [-0.39, 0.29) is 30.7 Å². The number of nitrogens with zero attached hydrogens (tertiary/aromatic N) is 4. The molecule has 0 N–H and O–H groups in total. The van der Waals surface area contributed by atoms with Gasteiger partial charge >= 0.3 is 6.18 Å². The fourth-order valence-corrected chi connectivity index (χ4v) is 4.94. The van der Waals surface area contributed by atoms with Crippen molar-refractivity contribution in [2.24, 2.45) is 0 Å². The molecule has 234 valence electrons. The Morgan fingerprint density at radius 3 is 1.88 bits per heavy atom. The Hall–Kier alpha value is -3.45. The van der Waals surface area contributed by atoms with Crippen molar-refractivity contribution in [1.29, 1.82) is 0 Å². The van der Waals surface area contributed by atoms with Crippen LogP contribution in [0, 0.1) is 27.2 Å². The molecule has 0 aromatic heterocycles. The van der Waals surface area contributed by atoms with Crippen molar-refractivity contribution in [2.45, 2.75) is 73.0 Å². The largest absolute Gasteiger partial charge is 0.416 e. The number of rotatable bonds is 12. The molecule has 10 nitrogen and oxygen atoms in total. The van der Waals surface area contributed by atoms with Gasteiger partial charge in [0.15, 0.2) is 5.69 Å². The molecule has 0 spiro atoms. The average Bonchev–Trinajstić information content (AvgIpc) is 2.89. The van der Waals surface area contributed by atoms with E-state index in [0.29, 0.717) is 36.6 Å². The van der Waals surface area contributed by atoms with Crippen LogP contribution in [-0.2, 0) is 22.1 Å². The molecule has 0 aliphatic rings. The van der Waals surface area contributed by atoms with E-state index in [1.54, 1.807) is 32.8 Å². The normalized spacial score (nSPS) is 11.8. The third kappa shape index (κ3) is 9.28. The lowest BCUT2D eigenvalue weighted by atomic mass is 10.0.